The molecule has 1 saturated heterocycles. The van der Waals surface area contributed by atoms with E-state index in [-0.39, 0.29) is 29.3 Å². The van der Waals surface area contributed by atoms with Crippen molar-refractivity contribution < 1.29 is 23.4 Å². The lowest BCUT2D eigenvalue weighted by Crippen LogP contribution is -2.37. The molecule has 1 aromatic carbocycles. The van der Waals surface area contributed by atoms with Gasteiger partial charge in [0.15, 0.2) is 0 Å². The summed E-state index contributed by atoms with van der Waals surface area (Å²) in [4.78, 5) is 12.4. The molecule has 1 fully saturated rings. The lowest BCUT2D eigenvalue weighted by atomic mass is 10.1. The highest BCUT2D eigenvalue weighted by Crippen LogP contribution is 2.24. The van der Waals surface area contributed by atoms with Crippen LogP contribution in [0.4, 0.5) is 8.78 Å². The fraction of sp³-hybridized carbons (Fsp3) is 0.500. The molecule has 1 aliphatic rings. The molecule has 0 bridgehead atoms. The molecule has 0 atom stereocenters. The van der Waals surface area contributed by atoms with Gasteiger partial charge in [-0.25, -0.2) is 13.6 Å². The quantitative estimate of drug-likeness (QED) is 0.817. The van der Waals surface area contributed by atoms with Gasteiger partial charge in [-0.05, 0) is 40.9 Å². The topological polar surface area (TPSA) is 49.8 Å². The van der Waals surface area contributed by atoms with Crippen LogP contribution in [-0.2, 0) is 16.1 Å². The number of carboxylic acids is 1. The molecular formula is C14H16BrF2NO3. The predicted octanol–water partition coefficient (Wildman–Crippen LogP) is 2.79. The first-order chi connectivity index (χ1) is 9.97. The molecule has 21 heavy (non-hydrogen) atoms. The van der Waals surface area contributed by atoms with Crippen LogP contribution in [0.3, 0.4) is 0 Å². The van der Waals surface area contributed by atoms with Crippen LogP contribution >= 0.6 is 15.9 Å². The fourth-order valence-electron chi connectivity index (χ4n) is 2.36. The van der Waals surface area contributed by atoms with Gasteiger partial charge in [-0.3, -0.25) is 4.90 Å². The normalized spacial score (nSPS) is 17.1. The molecule has 0 amide bonds. The van der Waals surface area contributed by atoms with Crippen molar-refractivity contribution in [3.05, 3.63) is 33.8 Å². The minimum Gasteiger partial charge on any atom is -0.480 e. The smallest absolute Gasteiger partial charge is 0.329 e. The Bertz CT molecular complexity index is 519. The Labute approximate surface area is 129 Å². The van der Waals surface area contributed by atoms with E-state index in [2.05, 4.69) is 15.9 Å². The van der Waals surface area contributed by atoms with Crippen LogP contribution in [0.15, 0.2) is 16.6 Å². The van der Waals surface area contributed by atoms with Gasteiger partial charge in [-0.2, -0.15) is 0 Å². The van der Waals surface area contributed by atoms with Crippen molar-refractivity contribution in [1.29, 1.82) is 0 Å². The Balaban J connectivity index is 1.89. The molecule has 7 heteroatoms. The Morgan fingerprint density at radius 3 is 2.67 bits per heavy atom. The molecule has 1 heterocycles. The second-order valence-corrected chi connectivity index (χ2v) is 5.86. The van der Waals surface area contributed by atoms with Gasteiger partial charge in [-0.15, -0.1) is 0 Å². The van der Waals surface area contributed by atoms with Crippen molar-refractivity contribution in [2.75, 3.05) is 19.7 Å². The Hall–Kier alpha value is -1.05. The van der Waals surface area contributed by atoms with Gasteiger partial charge < -0.3 is 9.84 Å². The Morgan fingerprint density at radius 1 is 1.38 bits per heavy atom. The molecule has 1 aromatic rings. The molecule has 2 rings (SSSR count). The minimum absolute atomic E-state index is 0.0503. The molecule has 0 radical (unpaired) electrons. The van der Waals surface area contributed by atoms with Crippen LogP contribution in [0, 0.1) is 11.6 Å². The Morgan fingerprint density at radius 2 is 2.05 bits per heavy atom. The third-order valence-electron chi connectivity index (χ3n) is 3.50. The van der Waals surface area contributed by atoms with E-state index < -0.39 is 17.6 Å². The highest BCUT2D eigenvalue weighted by molar-refractivity contribution is 9.10. The van der Waals surface area contributed by atoms with Crippen LogP contribution in [0.5, 0.6) is 0 Å². The Kier molecular flexibility index (Phi) is 5.66. The van der Waals surface area contributed by atoms with Gasteiger partial charge in [0, 0.05) is 25.2 Å². The summed E-state index contributed by atoms with van der Waals surface area (Å²) in [5.41, 5.74) is 0.0503. The van der Waals surface area contributed by atoms with Crippen molar-refractivity contribution in [2.45, 2.75) is 25.5 Å². The number of hydrogen-bond acceptors (Lipinski definition) is 3. The summed E-state index contributed by atoms with van der Waals surface area (Å²) in [5, 5.41) is 8.55. The van der Waals surface area contributed by atoms with Gasteiger partial charge in [0.1, 0.15) is 18.2 Å². The van der Waals surface area contributed by atoms with E-state index in [1.807, 2.05) is 4.90 Å². The van der Waals surface area contributed by atoms with Crippen LogP contribution < -0.4 is 0 Å². The first kappa shape index (κ1) is 16.3. The molecule has 0 aliphatic carbocycles. The largest absolute Gasteiger partial charge is 0.480 e. The molecule has 0 saturated carbocycles. The number of hydrogen-bond donors (Lipinski definition) is 1. The summed E-state index contributed by atoms with van der Waals surface area (Å²) >= 11 is 3.05. The number of carboxylic acid groups (broad SMARTS) is 1. The number of piperidine rings is 1. The minimum atomic E-state index is -0.990. The number of rotatable bonds is 5. The molecule has 0 spiro atoms. The highest BCUT2D eigenvalue weighted by Gasteiger charge is 2.23. The number of likely N-dealkylation sites (tertiary alicyclic amines) is 1. The lowest BCUT2D eigenvalue weighted by molar-refractivity contribution is -0.145. The number of nitrogens with zero attached hydrogens (tertiary/aromatic N) is 1. The number of aliphatic carboxylic acids is 1. The van der Waals surface area contributed by atoms with Gasteiger partial charge in [0.25, 0.3) is 0 Å². The lowest BCUT2D eigenvalue weighted by Gasteiger charge is -2.31. The van der Waals surface area contributed by atoms with Crippen LogP contribution in [0.2, 0.25) is 0 Å². The number of ether oxygens (including phenoxy) is 1. The third-order valence-corrected chi connectivity index (χ3v) is 4.11. The average Bonchev–Trinajstić information content (AvgIpc) is 2.47. The molecular weight excluding hydrogens is 348 g/mol. The van der Waals surface area contributed by atoms with E-state index in [1.165, 1.54) is 12.1 Å². The molecule has 0 unspecified atom stereocenters. The van der Waals surface area contributed by atoms with Crippen molar-refractivity contribution in [2.24, 2.45) is 0 Å². The standard InChI is InChI=1S/C14H16BrF2NO3/c15-11-1-2-12(16)10(14(11)17)7-18-5-3-9(4-6-18)21-8-13(19)20/h1-2,9H,3-8H2,(H,19,20). The molecule has 0 aromatic heterocycles. The maximum absolute atomic E-state index is 13.9. The third kappa shape index (κ3) is 4.46. The fourth-order valence-corrected chi connectivity index (χ4v) is 2.73. The zero-order valence-corrected chi connectivity index (χ0v) is 12.9. The summed E-state index contributed by atoms with van der Waals surface area (Å²) in [6.07, 6.45) is 1.21. The van der Waals surface area contributed by atoms with E-state index in [0.717, 1.165) is 0 Å². The van der Waals surface area contributed by atoms with Gasteiger partial charge >= 0.3 is 5.97 Å². The van der Waals surface area contributed by atoms with Crippen LogP contribution in [0.25, 0.3) is 0 Å². The molecule has 1 aliphatic heterocycles. The summed E-state index contributed by atoms with van der Waals surface area (Å²) in [7, 11) is 0. The van der Waals surface area contributed by atoms with Crippen LogP contribution in [-0.4, -0.2) is 41.8 Å². The van der Waals surface area contributed by atoms with Crippen molar-refractivity contribution >= 4 is 21.9 Å². The zero-order valence-electron chi connectivity index (χ0n) is 11.3. The highest BCUT2D eigenvalue weighted by atomic mass is 79.9. The molecule has 1 N–H and O–H groups in total. The monoisotopic (exact) mass is 363 g/mol. The second-order valence-electron chi connectivity index (χ2n) is 5.00. The summed E-state index contributed by atoms with van der Waals surface area (Å²) < 4.78 is 33.1. The SMILES string of the molecule is O=C(O)COC1CCN(Cc2c(F)ccc(Br)c2F)CC1. The van der Waals surface area contributed by atoms with Crippen molar-refractivity contribution in [3.63, 3.8) is 0 Å². The number of halogens is 3. The van der Waals surface area contributed by atoms with Gasteiger partial charge in [0.05, 0.1) is 10.6 Å². The average molecular weight is 364 g/mol. The number of benzene rings is 1. The van der Waals surface area contributed by atoms with Gasteiger partial charge in [-0.1, -0.05) is 0 Å². The van der Waals surface area contributed by atoms with E-state index >= 15 is 0 Å². The summed E-state index contributed by atoms with van der Waals surface area (Å²) in [5.74, 6) is -2.12. The maximum Gasteiger partial charge on any atom is 0.329 e. The van der Waals surface area contributed by atoms with Gasteiger partial charge in [0.2, 0.25) is 0 Å². The van der Waals surface area contributed by atoms with Crippen molar-refractivity contribution in [1.82, 2.24) is 4.90 Å². The second kappa shape index (κ2) is 7.29. The summed E-state index contributed by atoms with van der Waals surface area (Å²) in [6, 6.07) is 2.59. The van der Waals surface area contributed by atoms with E-state index in [4.69, 9.17) is 9.84 Å². The zero-order chi connectivity index (χ0) is 15.4. The van der Waals surface area contributed by atoms with E-state index in [0.29, 0.717) is 25.9 Å². The van der Waals surface area contributed by atoms with Crippen molar-refractivity contribution in [3.8, 4) is 0 Å². The first-order valence-electron chi connectivity index (χ1n) is 6.65. The van der Waals surface area contributed by atoms with E-state index in [1.54, 1.807) is 0 Å². The molecule has 4 nitrogen and oxygen atoms in total. The van der Waals surface area contributed by atoms with E-state index in [9.17, 15) is 13.6 Å². The number of carbonyl (C=O) groups is 1. The maximum atomic E-state index is 13.9. The molecule has 116 valence electrons. The summed E-state index contributed by atoms with van der Waals surface area (Å²) in [6.45, 7) is 1.13. The van der Waals surface area contributed by atoms with Crippen LogP contribution in [0.1, 0.15) is 18.4 Å². The predicted molar refractivity (Wildman–Crippen MR) is 75.9 cm³/mol. The first-order valence-corrected chi connectivity index (χ1v) is 7.45.